The molecule has 0 spiro atoms. The first-order chi connectivity index (χ1) is 14.0. The van der Waals surface area contributed by atoms with Crippen LogP contribution in [0.1, 0.15) is 64.4 Å². The highest BCUT2D eigenvalue weighted by atomic mass is 16.7. The molecule has 0 aliphatic heterocycles. The molecule has 0 N–H and O–H groups in total. The molecule has 0 bridgehead atoms. The van der Waals surface area contributed by atoms with E-state index >= 15 is 0 Å². The molecule has 0 aromatic heterocycles. The quantitative estimate of drug-likeness (QED) is 0.348. The van der Waals surface area contributed by atoms with Crippen LogP contribution in [-0.4, -0.2) is 6.61 Å². The van der Waals surface area contributed by atoms with Crippen LogP contribution in [-0.2, 0) is 4.74 Å². The number of fused-ring (bicyclic) bond motifs is 1. The van der Waals surface area contributed by atoms with Crippen LogP contribution in [0.5, 0.6) is 5.75 Å². The molecule has 3 rings (SSSR count). The minimum Gasteiger partial charge on any atom is -0.461 e. The molecule has 2 heteroatoms. The molecule has 154 valence electrons. The maximum Gasteiger partial charge on any atom is 0.227 e. The van der Waals surface area contributed by atoms with Crippen molar-refractivity contribution in [1.29, 1.82) is 0 Å². The highest BCUT2D eigenvalue weighted by Crippen LogP contribution is 2.33. The Kier molecular flexibility index (Phi) is 7.33. The van der Waals surface area contributed by atoms with Gasteiger partial charge in [0.05, 0.1) is 0 Å². The molecule has 0 aliphatic carbocycles. The lowest BCUT2D eigenvalue weighted by atomic mass is 9.82. The summed E-state index contributed by atoms with van der Waals surface area (Å²) < 4.78 is 12.3. The first-order valence-corrected chi connectivity index (χ1v) is 10.9. The van der Waals surface area contributed by atoms with Crippen LogP contribution in [0, 0.1) is 11.8 Å². The van der Waals surface area contributed by atoms with Gasteiger partial charge >= 0.3 is 0 Å². The number of ether oxygens (including phenoxy) is 2. The van der Waals surface area contributed by atoms with Gasteiger partial charge in [-0.15, -0.1) is 0 Å². The third-order valence-corrected chi connectivity index (χ3v) is 5.48. The zero-order valence-electron chi connectivity index (χ0n) is 18.4. The first-order valence-electron chi connectivity index (χ1n) is 10.9. The van der Waals surface area contributed by atoms with Crippen molar-refractivity contribution >= 4 is 10.8 Å². The third kappa shape index (κ3) is 5.39. The SMILES string of the molecule is CCOC(Oc1ccc(C(CC(C)C)C(C)C)cc1)c1cccc2ccccc12. The Labute approximate surface area is 175 Å². The van der Waals surface area contributed by atoms with Crippen LogP contribution >= 0.6 is 0 Å². The normalized spacial score (nSPS) is 13.8. The van der Waals surface area contributed by atoms with Crippen molar-refractivity contribution in [3.05, 3.63) is 77.9 Å². The zero-order valence-corrected chi connectivity index (χ0v) is 18.4. The monoisotopic (exact) mass is 390 g/mol. The summed E-state index contributed by atoms with van der Waals surface area (Å²) in [6.07, 6.45) is 0.781. The van der Waals surface area contributed by atoms with E-state index in [1.165, 1.54) is 22.8 Å². The van der Waals surface area contributed by atoms with Gasteiger partial charge in [-0.05, 0) is 59.6 Å². The van der Waals surface area contributed by atoms with Gasteiger partial charge in [0.25, 0.3) is 0 Å². The molecular formula is C27H34O2. The van der Waals surface area contributed by atoms with E-state index in [0.717, 1.165) is 11.3 Å². The van der Waals surface area contributed by atoms with Crippen molar-refractivity contribution in [2.45, 2.75) is 53.2 Å². The summed E-state index contributed by atoms with van der Waals surface area (Å²) in [5.74, 6) is 2.72. The summed E-state index contributed by atoms with van der Waals surface area (Å²) in [4.78, 5) is 0. The van der Waals surface area contributed by atoms with Crippen LogP contribution < -0.4 is 4.74 Å². The first kappa shape index (κ1) is 21.4. The highest BCUT2D eigenvalue weighted by molar-refractivity contribution is 5.85. The fourth-order valence-corrected chi connectivity index (χ4v) is 4.01. The molecule has 2 atom stereocenters. The van der Waals surface area contributed by atoms with Crippen LogP contribution in [0.25, 0.3) is 10.8 Å². The number of benzene rings is 3. The molecule has 0 aliphatic rings. The van der Waals surface area contributed by atoms with Gasteiger partial charge in [-0.1, -0.05) is 82.3 Å². The lowest BCUT2D eigenvalue weighted by molar-refractivity contribution is -0.0776. The van der Waals surface area contributed by atoms with E-state index in [1.54, 1.807) is 0 Å². The van der Waals surface area contributed by atoms with Gasteiger partial charge in [0.2, 0.25) is 6.29 Å². The summed E-state index contributed by atoms with van der Waals surface area (Å²) in [6, 6.07) is 23.3. The Morgan fingerprint density at radius 3 is 2.14 bits per heavy atom. The van der Waals surface area contributed by atoms with Crippen molar-refractivity contribution < 1.29 is 9.47 Å². The molecule has 3 aromatic carbocycles. The minimum atomic E-state index is -0.423. The van der Waals surface area contributed by atoms with Gasteiger partial charge in [0.15, 0.2) is 0 Å². The van der Waals surface area contributed by atoms with E-state index in [1.807, 2.05) is 6.92 Å². The molecule has 29 heavy (non-hydrogen) atoms. The van der Waals surface area contributed by atoms with Gasteiger partial charge in [-0.25, -0.2) is 0 Å². The largest absolute Gasteiger partial charge is 0.461 e. The summed E-state index contributed by atoms with van der Waals surface area (Å²) in [5.41, 5.74) is 2.45. The van der Waals surface area contributed by atoms with E-state index in [-0.39, 0.29) is 0 Å². The Morgan fingerprint density at radius 1 is 0.793 bits per heavy atom. The van der Waals surface area contributed by atoms with E-state index in [2.05, 4.69) is 94.4 Å². The third-order valence-electron chi connectivity index (χ3n) is 5.48. The Balaban J connectivity index is 1.84. The van der Waals surface area contributed by atoms with Gasteiger partial charge in [0, 0.05) is 12.2 Å². The molecule has 0 saturated heterocycles. The van der Waals surface area contributed by atoms with Crippen LogP contribution in [0.4, 0.5) is 0 Å². The maximum atomic E-state index is 6.30. The van der Waals surface area contributed by atoms with Crippen LogP contribution in [0.3, 0.4) is 0 Å². The predicted molar refractivity (Wildman–Crippen MR) is 122 cm³/mol. The van der Waals surface area contributed by atoms with E-state index < -0.39 is 6.29 Å². The lowest BCUT2D eigenvalue weighted by Gasteiger charge is -2.24. The highest BCUT2D eigenvalue weighted by Gasteiger charge is 2.19. The average Bonchev–Trinajstić information content (AvgIpc) is 2.71. The topological polar surface area (TPSA) is 18.5 Å². The fourth-order valence-electron chi connectivity index (χ4n) is 4.01. The van der Waals surface area contributed by atoms with Crippen molar-refractivity contribution in [3.8, 4) is 5.75 Å². The van der Waals surface area contributed by atoms with Crippen LogP contribution in [0.2, 0.25) is 0 Å². The number of hydrogen-bond donors (Lipinski definition) is 0. The van der Waals surface area contributed by atoms with E-state index in [0.29, 0.717) is 24.4 Å². The second-order valence-electron chi connectivity index (χ2n) is 8.52. The molecule has 3 aromatic rings. The van der Waals surface area contributed by atoms with Crippen molar-refractivity contribution in [2.75, 3.05) is 6.61 Å². The van der Waals surface area contributed by atoms with Crippen molar-refractivity contribution in [3.63, 3.8) is 0 Å². The van der Waals surface area contributed by atoms with Gasteiger partial charge < -0.3 is 9.47 Å². The van der Waals surface area contributed by atoms with Crippen LogP contribution in [0.15, 0.2) is 66.7 Å². The lowest BCUT2D eigenvalue weighted by Crippen LogP contribution is -2.13. The van der Waals surface area contributed by atoms with Crippen molar-refractivity contribution in [1.82, 2.24) is 0 Å². The average molecular weight is 391 g/mol. The Hall–Kier alpha value is -2.32. The minimum absolute atomic E-state index is 0.423. The molecule has 0 saturated carbocycles. The van der Waals surface area contributed by atoms with Crippen molar-refractivity contribution in [2.24, 2.45) is 11.8 Å². The Bertz CT molecular complexity index is 891. The molecule has 2 unspecified atom stereocenters. The molecular weight excluding hydrogens is 356 g/mol. The number of hydrogen-bond acceptors (Lipinski definition) is 2. The van der Waals surface area contributed by atoms with E-state index in [9.17, 15) is 0 Å². The Morgan fingerprint density at radius 2 is 1.48 bits per heavy atom. The molecule has 0 fully saturated rings. The zero-order chi connectivity index (χ0) is 20.8. The second kappa shape index (κ2) is 9.93. The van der Waals surface area contributed by atoms with Gasteiger partial charge in [0.1, 0.15) is 5.75 Å². The molecule has 2 nitrogen and oxygen atoms in total. The predicted octanol–water partition coefficient (Wildman–Crippen LogP) is 7.74. The summed E-state index contributed by atoms with van der Waals surface area (Å²) >= 11 is 0. The smallest absolute Gasteiger partial charge is 0.227 e. The summed E-state index contributed by atoms with van der Waals surface area (Å²) in [7, 11) is 0. The van der Waals surface area contributed by atoms with Gasteiger partial charge in [-0.2, -0.15) is 0 Å². The summed E-state index contributed by atoms with van der Waals surface area (Å²) in [5, 5.41) is 2.36. The number of rotatable bonds is 9. The molecule has 0 radical (unpaired) electrons. The second-order valence-corrected chi connectivity index (χ2v) is 8.52. The van der Waals surface area contributed by atoms with Gasteiger partial charge in [-0.3, -0.25) is 0 Å². The maximum absolute atomic E-state index is 6.30. The summed E-state index contributed by atoms with van der Waals surface area (Å²) in [6.45, 7) is 11.8. The van der Waals surface area contributed by atoms with E-state index in [4.69, 9.17) is 9.47 Å². The standard InChI is InChI=1S/C27H34O2/c1-6-28-27(25-13-9-11-21-10-7-8-12-24(21)25)29-23-16-14-22(15-17-23)26(20(4)5)18-19(2)3/h7-17,19-20,26-27H,6,18H2,1-5H3. The molecule has 0 amide bonds. The fraction of sp³-hybridized carbons (Fsp3) is 0.407. The molecule has 0 heterocycles.